The Balaban J connectivity index is 2.09. The number of hydrogen-bond acceptors (Lipinski definition) is 8. The summed E-state index contributed by atoms with van der Waals surface area (Å²) >= 11 is 0. The van der Waals surface area contributed by atoms with Crippen LogP contribution >= 0.6 is 0 Å². The van der Waals surface area contributed by atoms with Gasteiger partial charge in [0, 0.05) is 6.42 Å². The molecule has 448 valence electrons. The first-order valence-electron chi connectivity index (χ1n) is 33.7. The van der Waals surface area contributed by atoms with Crippen molar-refractivity contribution in [3.63, 3.8) is 0 Å². The van der Waals surface area contributed by atoms with Gasteiger partial charge in [0.15, 0.2) is 6.29 Å². The van der Waals surface area contributed by atoms with E-state index in [4.69, 9.17) is 9.47 Å². The third kappa shape index (κ3) is 45.6. The highest BCUT2D eigenvalue weighted by Crippen LogP contribution is 2.24. The molecule has 1 fully saturated rings. The van der Waals surface area contributed by atoms with Crippen molar-refractivity contribution in [3.8, 4) is 0 Å². The molecule has 6 N–H and O–H groups in total. The first-order valence-corrected chi connectivity index (χ1v) is 33.7. The number of aliphatic hydroxyl groups excluding tert-OH is 5. The molecule has 1 amide bonds. The number of nitrogens with one attached hydrogen (secondary N) is 1. The second kappa shape index (κ2) is 56.5. The maximum atomic E-state index is 13.1. The van der Waals surface area contributed by atoms with Gasteiger partial charge in [-0.05, 0) is 12.8 Å². The smallest absolute Gasteiger partial charge is 0.220 e. The van der Waals surface area contributed by atoms with Gasteiger partial charge in [0.2, 0.25) is 5.91 Å². The molecule has 0 aliphatic carbocycles. The summed E-state index contributed by atoms with van der Waals surface area (Å²) in [6, 6.07) is -0.714. The molecule has 0 spiro atoms. The molecule has 1 aliphatic rings. The monoisotopic (exact) mass is 1070 g/mol. The van der Waals surface area contributed by atoms with Crippen LogP contribution in [0.25, 0.3) is 0 Å². The number of unbranched alkanes of at least 4 members (excludes halogenated alkanes) is 50. The number of hydrogen-bond donors (Lipinski definition) is 6. The standard InChI is InChI=1S/C66H131NO8/c1-3-5-7-9-11-13-15-17-19-21-23-25-26-27-28-29-30-31-32-33-34-36-38-40-42-44-46-48-50-52-54-56-62(70)67-59(58-74-66-65(73)64(72)63(71)61(57-68)75-66)60(69)55-53-51-49-47-45-43-41-39-37-35-24-22-20-18-16-14-12-10-8-6-4-2/h59-61,63-66,68-69,71-73H,3-58H2,1-2H3,(H,67,70). The molecule has 0 aromatic heterocycles. The molecule has 0 saturated carbocycles. The zero-order valence-corrected chi connectivity index (χ0v) is 50.1. The molecule has 1 rings (SSSR count). The summed E-state index contributed by atoms with van der Waals surface area (Å²) in [7, 11) is 0. The van der Waals surface area contributed by atoms with Crippen LogP contribution in [0.15, 0.2) is 0 Å². The van der Waals surface area contributed by atoms with E-state index in [2.05, 4.69) is 19.2 Å². The van der Waals surface area contributed by atoms with Gasteiger partial charge in [0.1, 0.15) is 24.4 Å². The minimum atomic E-state index is -1.55. The van der Waals surface area contributed by atoms with E-state index in [-0.39, 0.29) is 12.5 Å². The second-order valence-corrected chi connectivity index (χ2v) is 24.0. The van der Waals surface area contributed by atoms with Gasteiger partial charge in [-0.1, -0.05) is 341 Å². The van der Waals surface area contributed by atoms with Crippen LogP contribution in [-0.4, -0.2) is 87.5 Å². The Morgan fingerprint density at radius 1 is 0.400 bits per heavy atom. The minimum absolute atomic E-state index is 0.130. The summed E-state index contributed by atoms with van der Waals surface area (Å²) in [6.07, 6.45) is 63.1. The summed E-state index contributed by atoms with van der Waals surface area (Å²) in [5, 5.41) is 54.9. The van der Waals surface area contributed by atoms with Crippen molar-refractivity contribution in [3.05, 3.63) is 0 Å². The van der Waals surface area contributed by atoms with E-state index in [1.807, 2.05) is 0 Å². The molecule has 0 bridgehead atoms. The minimum Gasteiger partial charge on any atom is -0.394 e. The lowest BCUT2D eigenvalue weighted by molar-refractivity contribution is -0.302. The number of ether oxygens (including phenoxy) is 2. The molecule has 1 heterocycles. The maximum absolute atomic E-state index is 13.1. The van der Waals surface area contributed by atoms with E-state index in [0.29, 0.717) is 12.8 Å². The number of carbonyl (C=O) groups is 1. The van der Waals surface area contributed by atoms with Crippen molar-refractivity contribution in [1.82, 2.24) is 5.32 Å². The van der Waals surface area contributed by atoms with E-state index in [1.54, 1.807) is 0 Å². The van der Waals surface area contributed by atoms with Gasteiger partial charge in [-0.25, -0.2) is 0 Å². The molecule has 75 heavy (non-hydrogen) atoms. The van der Waals surface area contributed by atoms with Crippen LogP contribution in [0.2, 0.25) is 0 Å². The van der Waals surface area contributed by atoms with Crippen LogP contribution in [0.5, 0.6) is 0 Å². The van der Waals surface area contributed by atoms with Crippen molar-refractivity contribution >= 4 is 5.91 Å². The highest BCUT2D eigenvalue weighted by Gasteiger charge is 2.44. The highest BCUT2D eigenvalue weighted by atomic mass is 16.7. The molecule has 0 aromatic carbocycles. The van der Waals surface area contributed by atoms with Crippen LogP contribution in [0.1, 0.15) is 361 Å². The Morgan fingerprint density at radius 2 is 0.667 bits per heavy atom. The Hall–Kier alpha value is -0.810. The topological polar surface area (TPSA) is 149 Å². The average Bonchev–Trinajstić information content (AvgIpc) is 3.41. The van der Waals surface area contributed by atoms with E-state index < -0.39 is 49.5 Å². The summed E-state index contributed by atoms with van der Waals surface area (Å²) in [6.45, 7) is 3.90. The van der Waals surface area contributed by atoms with Crippen molar-refractivity contribution in [2.45, 2.75) is 403 Å². The van der Waals surface area contributed by atoms with Crippen LogP contribution in [-0.2, 0) is 14.3 Å². The van der Waals surface area contributed by atoms with E-state index in [9.17, 15) is 30.3 Å². The molecular weight excluding hydrogens is 935 g/mol. The third-order valence-corrected chi connectivity index (χ3v) is 16.7. The van der Waals surface area contributed by atoms with E-state index in [1.165, 1.54) is 295 Å². The molecule has 9 nitrogen and oxygen atoms in total. The van der Waals surface area contributed by atoms with Crippen LogP contribution in [0, 0.1) is 0 Å². The fourth-order valence-corrected chi connectivity index (χ4v) is 11.4. The van der Waals surface area contributed by atoms with Crippen molar-refractivity contribution in [2.75, 3.05) is 13.2 Å². The quantitative estimate of drug-likeness (QED) is 0.0330. The Morgan fingerprint density at radius 3 is 0.947 bits per heavy atom. The first kappa shape index (κ1) is 72.2. The Bertz CT molecular complexity index is 1140. The summed E-state index contributed by atoms with van der Waals surface area (Å²) in [5.74, 6) is -0.134. The summed E-state index contributed by atoms with van der Waals surface area (Å²) < 4.78 is 11.4. The van der Waals surface area contributed by atoms with Crippen LogP contribution < -0.4 is 5.32 Å². The maximum Gasteiger partial charge on any atom is 0.220 e. The van der Waals surface area contributed by atoms with Gasteiger partial charge in [-0.2, -0.15) is 0 Å². The molecule has 7 unspecified atom stereocenters. The summed E-state index contributed by atoms with van der Waals surface area (Å²) in [4.78, 5) is 13.1. The Kier molecular flexibility index (Phi) is 54.4. The van der Waals surface area contributed by atoms with Gasteiger partial charge in [0.25, 0.3) is 0 Å². The lowest BCUT2D eigenvalue weighted by atomic mass is 9.99. The normalized spacial score (nSPS) is 18.7. The van der Waals surface area contributed by atoms with Gasteiger partial charge in [-0.15, -0.1) is 0 Å². The van der Waals surface area contributed by atoms with Crippen molar-refractivity contribution in [2.24, 2.45) is 0 Å². The molecule has 7 atom stereocenters. The van der Waals surface area contributed by atoms with Crippen LogP contribution in [0.3, 0.4) is 0 Å². The van der Waals surface area contributed by atoms with Crippen LogP contribution in [0.4, 0.5) is 0 Å². The van der Waals surface area contributed by atoms with Gasteiger partial charge in [-0.3, -0.25) is 4.79 Å². The summed E-state index contributed by atoms with van der Waals surface area (Å²) in [5.41, 5.74) is 0. The number of carbonyl (C=O) groups excluding carboxylic acids is 1. The molecule has 1 aliphatic heterocycles. The fourth-order valence-electron chi connectivity index (χ4n) is 11.4. The second-order valence-electron chi connectivity index (χ2n) is 24.0. The Labute approximate surface area is 465 Å². The number of rotatable bonds is 60. The van der Waals surface area contributed by atoms with E-state index >= 15 is 0 Å². The fraction of sp³-hybridized carbons (Fsp3) is 0.985. The van der Waals surface area contributed by atoms with Gasteiger partial charge in [0.05, 0.1) is 25.4 Å². The lowest BCUT2D eigenvalue weighted by Gasteiger charge is -2.40. The van der Waals surface area contributed by atoms with Gasteiger partial charge < -0.3 is 40.3 Å². The van der Waals surface area contributed by atoms with Crippen molar-refractivity contribution < 1.29 is 39.8 Å². The number of amides is 1. The SMILES string of the molecule is CCCCCCCCCCCCCCCCCCCCCCCCCCCCCCCCCC(=O)NC(COC1OC(CO)C(O)C(O)C1O)C(O)CCCCCCCCCCCCCCCCCCCCCCC. The largest absolute Gasteiger partial charge is 0.394 e. The molecule has 9 heteroatoms. The molecule has 0 radical (unpaired) electrons. The van der Waals surface area contributed by atoms with Crippen molar-refractivity contribution in [1.29, 1.82) is 0 Å². The predicted molar refractivity (Wildman–Crippen MR) is 318 cm³/mol. The highest BCUT2D eigenvalue weighted by molar-refractivity contribution is 5.76. The lowest BCUT2D eigenvalue weighted by Crippen LogP contribution is -2.60. The third-order valence-electron chi connectivity index (χ3n) is 16.7. The molecular formula is C66H131NO8. The van der Waals surface area contributed by atoms with Gasteiger partial charge >= 0.3 is 0 Å². The zero-order valence-electron chi connectivity index (χ0n) is 50.1. The first-order chi connectivity index (χ1) is 36.8. The van der Waals surface area contributed by atoms with E-state index in [0.717, 1.165) is 38.5 Å². The predicted octanol–water partition coefficient (Wildman–Crippen LogP) is 17.8. The molecule has 1 saturated heterocycles. The zero-order chi connectivity index (χ0) is 54.3. The average molecular weight is 1070 g/mol. The molecule has 0 aromatic rings. The number of aliphatic hydroxyl groups is 5.